The lowest BCUT2D eigenvalue weighted by molar-refractivity contribution is -0.130. The van der Waals surface area contributed by atoms with E-state index in [0.717, 1.165) is 12.8 Å². The minimum absolute atomic E-state index is 0.358. The monoisotopic (exact) mass is 230 g/mol. The van der Waals surface area contributed by atoms with E-state index in [-0.39, 0.29) is 5.91 Å². The zero-order valence-corrected chi connectivity index (χ0v) is 10.5. The minimum atomic E-state index is -1.08. The van der Waals surface area contributed by atoms with Gasteiger partial charge in [-0.25, -0.2) is 0 Å². The normalized spacial score (nSPS) is 14.5. The van der Waals surface area contributed by atoms with E-state index in [1.807, 2.05) is 0 Å². The number of carbonyl (C=O) groups excluding carboxylic acids is 1. The summed E-state index contributed by atoms with van der Waals surface area (Å²) in [6.07, 6.45) is 6.05. The maximum atomic E-state index is 11.3. The van der Waals surface area contributed by atoms with Gasteiger partial charge in [0.2, 0.25) is 5.91 Å². The zero-order valence-electron chi connectivity index (χ0n) is 10.5. The largest absolute Gasteiger partial charge is 0.382 e. The molecule has 0 radical (unpaired) electrons. The first-order valence-electron chi connectivity index (χ1n) is 6.31. The molecule has 0 saturated heterocycles. The summed E-state index contributed by atoms with van der Waals surface area (Å²) in [5.41, 5.74) is 5.41. The van der Waals surface area contributed by atoms with Gasteiger partial charge in [-0.3, -0.25) is 4.79 Å². The van der Waals surface area contributed by atoms with Gasteiger partial charge < -0.3 is 16.2 Å². The van der Waals surface area contributed by atoms with E-state index < -0.39 is 12.1 Å². The van der Waals surface area contributed by atoms with E-state index in [9.17, 15) is 9.90 Å². The van der Waals surface area contributed by atoms with Crippen LogP contribution in [-0.2, 0) is 4.79 Å². The smallest absolute Gasteiger partial charge is 0.250 e. The minimum Gasteiger partial charge on any atom is -0.382 e. The Kier molecular flexibility index (Phi) is 9.24. The summed E-state index contributed by atoms with van der Waals surface area (Å²) in [4.78, 5) is 11.3. The highest BCUT2D eigenvalue weighted by Gasteiger charge is 2.17. The molecule has 0 aliphatic heterocycles. The molecule has 96 valence electrons. The summed E-state index contributed by atoms with van der Waals surface area (Å²) in [7, 11) is 0. The number of aliphatic hydroxyl groups excluding tert-OH is 1. The van der Waals surface area contributed by atoms with Crippen molar-refractivity contribution in [1.29, 1.82) is 0 Å². The van der Waals surface area contributed by atoms with Gasteiger partial charge in [0.05, 0.1) is 0 Å². The third-order valence-electron chi connectivity index (χ3n) is 2.60. The molecule has 4 N–H and O–H groups in total. The van der Waals surface area contributed by atoms with Gasteiger partial charge in [0.25, 0.3) is 0 Å². The lowest BCUT2D eigenvalue weighted by atomic mass is 10.1. The van der Waals surface area contributed by atoms with Crippen molar-refractivity contribution in [3.8, 4) is 0 Å². The number of rotatable bonds is 9. The van der Waals surface area contributed by atoms with E-state index in [1.165, 1.54) is 25.7 Å². The van der Waals surface area contributed by atoms with Crippen LogP contribution >= 0.6 is 0 Å². The maximum absolute atomic E-state index is 11.3. The van der Waals surface area contributed by atoms with Crippen molar-refractivity contribution in [2.24, 2.45) is 5.73 Å². The molecular weight excluding hydrogens is 204 g/mol. The highest BCUT2D eigenvalue weighted by atomic mass is 16.3. The quantitative estimate of drug-likeness (QED) is 0.520. The lowest BCUT2D eigenvalue weighted by Crippen LogP contribution is -2.45. The van der Waals surface area contributed by atoms with Gasteiger partial charge in [-0.2, -0.15) is 0 Å². The van der Waals surface area contributed by atoms with E-state index in [1.54, 1.807) is 6.92 Å². The molecule has 1 amide bonds. The molecule has 4 heteroatoms. The Labute approximate surface area is 98.6 Å². The second-order valence-corrected chi connectivity index (χ2v) is 4.36. The third kappa shape index (κ3) is 7.65. The average molecular weight is 230 g/mol. The van der Waals surface area contributed by atoms with Crippen LogP contribution < -0.4 is 11.1 Å². The maximum Gasteiger partial charge on any atom is 0.250 e. The molecule has 0 unspecified atom stereocenters. The van der Waals surface area contributed by atoms with Gasteiger partial charge in [0, 0.05) is 12.6 Å². The number of nitrogens with one attached hydrogen (secondary N) is 1. The highest BCUT2D eigenvalue weighted by Crippen LogP contribution is 2.04. The fraction of sp³-hybridized carbons (Fsp3) is 0.917. The first-order chi connectivity index (χ1) is 7.59. The van der Waals surface area contributed by atoms with Crippen molar-refractivity contribution in [2.75, 3.05) is 6.54 Å². The van der Waals surface area contributed by atoms with Crippen LogP contribution in [0.1, 0.15) is 52.4 Å². The summed E-state index contributed by atoms with van der Waals surface area (Å²) >= 11 is 0. The third-order valence-corrected chi connectivity index (χ3v) is 2.60. The molecule has 0 bridgehead atoms. The van der Waals surface area contributed by atoms with Crippen LogP contribution in [0.2, 0.25) is 0 Å². The van der Waals surface area contributed by atoms with Crippen LogP contribution in [0.25, 0.3) is 0 Å². The first kappa shape index (κ1) is 15.4. The van der Waals surface area contributed by atoms with Crippen LogP contribution in [0.15, 0.2) is 0 Å². The van der Waals surface area contributed by atoms with Crippen LogP contribution in [0, 0.1) is 0 Å². The molecule has 0 heterocycles. The molecule has 0 aliphatic carbocycles. The Morgan fingerprint density at radius 1 is 1.25 bits per heavy atom. The summed E-state index contributed by atoms with van der Waals surface area (Å²) in [6.45, 7) is 4.44. The molecule has 0 saturated carbocycles. The Morgan fingerprint density at radius 2 is 1.81 bits per heavy atom. The summed E-state index contributed by atoms with van der Waals surface area (Å²) in [6, 6.07) is -0.510. The van der Waals surface area contributed by atoms with Gasteiger partial charge in [0.1, 0.15) is 6.10 Å². The van der Waals surface area contributed by atoms with Gasteiger partial charge in [0.15, 0.2) is 0 Å². The molecule has 0 spiro atoms. The fourth-order valence-electron chi connectivity index (χ4n) is 1.46. The molecule has 16 heavy (non-hydrogen) atoms. The molecule has 4 nitrogen and oxygen atoms in total. The molecule has 2 atom stereocenters. The standard InChI is InChI=1S/C12H26N2O2/c1-3-4-5-6-7-8-9-14-12(16)11(15)10(2)13/h10-11,15H,3-9,13H2,1-2H3,(H,14,16)/t10-,11-/m0/s1. The van der Waals surface area contributed by atoms with Crippen LogP contribution in [0.3, 0.4) is 0 Å². The fourth-order valence-corrected chi connectivity index (χ4v) is 1.46. The van der Waals surface area contributed by atoms with E-state index in [4.69, 9.17) is 5.73 Å². The number of carbonyl (C=O) groups is 1. The second kappa shape index (κ2) is 9.60. The molecule has 0 rings (SSSR count). The first-order valence-corrected chi connectivity index (χ1v) is 6.31. The van der Waals surface area contributed by atoms with E-state index in [2.05, 4.69) is 12.2 Å². The Hall–Kier alpha value is -0.610. The van der Waals surface area contributed by atoms with Crippen LogP contribution in [0.5, 0.6) is 0 Å². The molecule has 0 aromatic rings. The topological polar surface area (TPSA) is 75.3 Å². The van der Waals surface area contributed by atoms with Crippen molar-refractivity contribution < 1.29 is 9.90 Å². The van der Waals surface area contributed by atoms with Gasteiger partial charge in [-0.15, -0.1) is 0 Å². The van der Waals surface area contributed by atoms with Crippen LogP contribution in [0.4, 0.5) is 0 Å². The van der Waals surface area contributed by atoms with Crippen molar-refractivity contribution in [2.45, 2.75) is 64.5 Å². The summed E-state index contributed by atoms with van der Waals surface area (Å²) in [5.74, 6) is -0.358. The Balaban J connectivity index is 3.34. The zero-order chi connectivity index (χ0) is 12.4. The number of nitrogens with two attached hydrogens (primary N) is 1. The predicted octanol–water partition coefficient (Wildman–Crippen LogP) is 1.17. The molecular formula is C12H26N2O2. The average Bonchev–Trinajstić information content (AvgIpc) is 2.26. The number of hydrogen-bond acceptors (Lipinski definition) is 3. The SMILES string of the molecule is CCCCCCCCNC(=O)[C@@H](O)[C@H](C)N. The number of hydrogen-bond donors (Lipinski definition) is 3. The summed E-state index contributed by atoms with van der Waals surface area (Å²) < 4.78 is 0. The van der Waals surface area contributed by atoms with Crippen molar-refractivity contribution >= 4 is 5.91 Å². The second-order valence-electron chi connectivity index (χ2n) is 4.36. The lowest BCUT2D eigenvalue weighted by Gasteiger charge is -2.14. The molecule has 0 aromatic carbocycles. The van der Waals surface area contributed by atoms with Crippen molar-refractivity contribution in [1.82, 2.24) is 5.32 Å². The van der Waals surface area contributed by atoms with Crippen molar-refractivity contribution in [3.63, 3.8) is 0 Å². The number of unbranched alkanes of at least 4 members (excludes halogenated alkanes) is 5. The number of amides is 1. The highest BCUT2D eigenvalue weighted by molar-refractivity contribution is 5.81. The molecule has 0 aromatic heterocycles. The Morgan fingerprint density at radius 3 is 2.38 bits per heavy atom. The summed E-state index contributed by atoms with van der Waals surface area (Å²) in [5, 5.41) is 12.0. The van der Waals surface area contributed by atoms with E-state index in [0.29, 0.717) is 6.54 Å². The van der Waals surface area contributed by atoms with Crippen molar-refractivity contribution in [3.05, 3.63) is 0 Å². The van der Waals surface area contributed by atoms with E-state index >= 15 is 0 Å². The van der Waals surface area contributed by atoms with Gasteiger partial charge in [-0.05, 0) is 13.3 Å². The van der Waals surface area contributed by atoms with Crippen LogP contribution in [-0.4, -0.2) is 29.7 Å². The molecule has 0 fully saturated rings. The van der Waals surface area contributed by atoms with Gasteiger partial charge >= 0.3 is 0 Å². The Bertz CT molecular complexity index is 184. The van der Waals surface area contributed by atoms with Gasteiger partial charge in [-0.1, -0.05) is 39.0 Å². The molecule has 0 aliphatic rings. The number of aliphatic hydroxyl groups is 1. The predicted molar refractivity (Wildman–Crippen MR) is 66.0 cm³/mol.